The molecule has 1 nitrogen and oxygen atoms in total. The molecule has 0 aromatic rings. The molecule has 2 heteroatoms. The molecule has 0 bridgehead atoms. The number of hydrogen-bond acceptors (Lipinski definition) is 1. The van der Waals surface area contributed by atoms with Gasteiger partial charge in [0.25, 0.3) is 0 Å². The van der Waals surface area contributed by atoms with E-state index in [0.29, 0.717) is 32.7 Å². The Morgan fingerprint density at radius 1 is 0.615 bits per heavy atom. The topological polar surface area (TPSA) is 3.24 Å². The van der Waals surface area contributed by atoms with Crippen molar-refractivity contribution in [1.29, 1.82) is 0 Å². The zero-order chi connectivity index (χ0) is 30.1. The standard InChI is InChI=1S/C10H22.C9H19N.C9H18.C7H18Si.2CH4/c1-9(2,3)7-8-10(4,5)6;1-8(2)6-7-9(3,4)10(8)5;1-8(2)5-6-9(3,4)7-8;1-5-6-7-8(2,3)4;;/h7-8H2,1-6H3;6-7H2,1-5H3;5-7H2,1-4H3;5-7H2,1-4H3;2*1H4. The lowest BCUT2D eigenvalue weighted by molar-refractivity contribution is 0.115. The molecule has 0 N–H and O–H groups in total. The van der Waals surface area contributed by atoms with E-state index >= 15 is 0 Å². The van der Waals surface area contributed by atoms with Crippen molar-refractivity contribution in [1.82, 2.24) is 4.90 Å². The van der Waals surface area contributed by atoms with Gasteiger partial charge in [0.2, 0.25) is 0 Å². The third kappa shape index (κ3) is 25.6. The van der Waals surface area contributed by atoms with Crippen LogP contribution >= 0.6 is 0 Å². The Kier molecular flexibility index (Phi) is 20.5. The molecular weight excluding hydrogens is 487 g/mol. The highest BCUT2D eigenvalue weighted by atomic mass is 28.3. The smallest absolute Gasteiger partial charge is 0.0442 e. The van der Waals surface area contributed by atoms with Crippen molar-refractivity contribution in [2.24, 2.45) is 21.7 Å². The van der Waals surface area contributed by atoms with E-state index < -0.39 is 8.07 Å². The van der Waals surface area contributed by atoms with Gasteiger partial charge in [0.1, 0.15) is 0 Å². The monoisotopic (exact) mass is 572 g/mol. The second kappa shape index (κ2) is 17.3. The number of nitrogens with zero attached hydrogens (tertiary/aromatic N) is 1. The van der Waals surface area contributed by atoms with Gasteiger partial charge >= 0.3 is 0 Å². The first kappa shape index (κ1) is 46.1. The van der Waals surface area contributed by atoms with Crippen molar-refractivity contribution in [3.8, 4) is 0 Å². The van der Waals surface area contributed by atoms with Gasteiger partial charge in [-0.15, -0.1) is 0 Å². The maximum Gasteiger partial charge on any atom is 0.0442 e. The van der Waals surface area contributed by atoms with Crippen LogP contribution in [0.2, 0.25) is 25.7 Å². The molecule has 0 aromatic heterocycles. The molecule has 2 fully saturated rings. The van der Waals surface area contributed by atoms with Crippen molar-refractivity contribution in [2.75, 3.05) is 7.05 Å². The summed E-state index contributed by atoms with van der Waals surface area (Å²) >= 11 is 0. The SMILES string of the molecule is C.C.CC(C)(C)CCC(C)(C)C.CC1(C)CCC(C)(C)C1.CCCC[Si](C)(C)C.CN1C(C)(C)CCC1(C)C. The number of likely N-dealkylation sites (tertiary alicyclic amines) is 1. The highest BCUT2D eigenvalue weighted by Gasteiger charge is 2.41. The van der Waals surface area contributed by atoms with Crippen LogP contribution in [0.15, 0.2) is 0 Å². The predicted octanol–water partition coefficient (Wildman–Crippen LogP) is 13.7. The van der Waals surface area contributed by atoms with Crippen LogP contribution in [0.5, 0.6) is 0 Å². The second-order valence-corrected chi connectivity index (χ2v) is 24.6. The zero-order valence-electron chi connectivity index (χ0n) is 30.0. The minimum atomic E-state index is -0.678. The molecule has 0 atom stereocenters. The van der Waals surface area contributed by atoms with Crippen LogP contribution in [-0.4, -0.2) is 31.1 Å². The summed E-state index contributed by atoms with van der Waals surface area (Å²) in [5.74, 6) is 0. The summed E-state index contributed by atoms with van der Waals surface area (Å²) in [5.41, 5.74) is 3.11. The van der Waals surface area contributed by atoms with E-state index in [1.807, 2.05) is 0 Å². The summed E-state index contributed by atoms with van der Waals surface area (Å²) in [7, 11) is 1.55. The average Bonchev–Trinajstić information content (AvgIpc) is 3.03. The molecule has 0 unspecified atom stereocenters. The summed E-state index contributed by atoms with van der Waals surface area (Å²) in [6, 6.07) is 1.50. The first-order valence-electron chi connectivity index (χ1n) is 15.8. The fourth-order valence-electron chi connectivity index (χ4n) is 5.37. The summed E-state index contributed by atoms with van der Waals surface area (Å²) < 4.78 is 0. The first-order chi connectivity index (χ1) is 16.0. The summed E-state index contributed by atoms with van der Waals surface area (Å²) in [5, 5.41) is 0. The van der Waals surface area contributed by atoms with Crippen LogP contribution in [0.25, 0.3) is 0 Å². The van der Waals surface area contributed by atoms with E-state index in [2.05, 4.69) is 135 Å². The highest BCUT2D eigenvalue weighted by molar-refractivity contribution is 6.76. The first-order valence-corrected chi connectivity index (χ1v) is 19.5. The molecule has 0 aromatic carbocycles. The third-order valence-corrected chi connectivity index (χ3v) is 10.4. The highest BCUT2D eigenvalue weighted by Crippen LogP contribution is 2.48. The predicted molar refractivity (Wildman–Crippen MR) is 191 cm³/mol. The van der Waals surface area contributed by atoms with Gasteiger partial charge in [-0.1, -0.05) is 130 Å². The van der Waals surface area contributed by atoms with Crippen molar-refractivity contribution in [3.63, 3.8) is 0 Å². The van der Waals surface area contributed by atoms with Crippen LogP contribution in [-0.2, 0) is 0 Å². The van der Waals surface area contributed by atoms with Gasteiger partial charge in [-0.3, -0.25) is 4.90 Å². The Morgan fingerprint density at radius 2 is 0.923 bits per heavy atom. The van der Waals surface area contributed by atoms with Crippen LogP contribution < -0.4 is 0 Å². The Bertz CT molecular complexity index is 561. The van der Waals surface area contributed by atoms with Gasteiger partial charge in [0, 0.05) is 19.2 Å². The Balaban J connectivity index is -0.000000207. The minimum absolute atomic E-state index is 0. The maximum absolute atomic E-state index is 2.49. The van der Waals surface area contributed by atoms with E-state index in [9.17, 15) is 0 Å². The van der Waals surface area contributed by atoms with Crippen molar-refractivity contribution < 1.29 is 0 Å². The Morgan fingerprint density at radius 3 is 1.03 bits per heavy atom. The maximum atomic E-state index is 2.49. The largest absolute Gasteiger partial charge is 0.296 e. The lowest BCUT2D eigenvalue weighted by Crippen LogP contribution is -2.44. The van der Waals surface area contributed by atoms with Crippen molar-refractivity contribution in [3.05, 3.63) is 0 Å². The average molecular weight is 572 g/mol. The zero-order valence-corrected chi connectivity index (χ0v) is 31.0. The molecule has 1 aliphatic carbocycles. The van der Waals surface area contributed by atoms with E-state index in [1.54, 1.807) is 0 Å². The molecule has 1 heterocycles. The summed E-state index contributed by atoms with van der Waals surface area (Å²) in [6.45, 7) is 42.2. The molecule has 2 aliphatic rings. The van der Waals surface area contributed by atoms with Crippen LogP contribution in [0.1, 0.15) is 176 Å². The summed E-state index contributed by atoms with van der Waals surface area (Å²) in [6.07, 6.45) is 12.4. The van der Waals surface area contributed by atoms with Gasteiger partial charge in [0.15, 0.2) is 0 Å². The molecule has 242 valence electrons. The van der Waals surface area contributed by atoms with E-state index in [4.69, 9.17) is 0 Å². The molecule has 2 rings (SSSR count). The molecule has 1 saturated carbocycles. The number of rotatable bonds is 4. The van der Waals surface area contributed by atoms with Gasteiger partial charge in [-0.2, -0.15) is 0 Å². The van der Waals surface area contributed by atoms with Gasteiger partial charge < -0.3 is 0 Å². The molecule has 0 spiro atoms. The van der Waals surface area contributed by atoms with Crippen molar-refractivity contribution >= 4 is 8.07 Å². The number of hydrogen-bond donors (Lipinski definition) is 0. The molecule has 0 amide bonds. The third-order valence-electron chi connectivity index (χ3n) is 8.51. The van der Waals surface area contributed by atoms with Gasteiger partial charge in [-0.25, -0.2) is 0 Å². The van der Waals surface area contributed by atoms with Gasteiger partial charge in [0.05, 0.1) is 0 Å². The summed E-state index contributed by atoms with van der Waals surface area (Å²) in [4.78, 5) is 2.49. The fraction of sp³-hybridized carbons (Fsp3) is 1.00. The molecule has 1 aliphatic heterocycles. The molecular formula is C37H85NSi. The number of unbranched alkanes of at least 4 members (excludes halogenated alkanes) is 1. The molecule has 1 saturated heterocycles. The van der Waals surface area contributed by atoms with Crippen molar-refractivity contribution in [2.45, 2.75) is 213 Å². The molecule has 0 radical (unpaired) electrons. The van der Waals surface area contributed by atoms with Crippen LogP contribution in [0, 0.1) is 21.7 Å². The second-order valence-electron chi connectivity index (χ2n) is 19.0. The Hall–Kier alpha value is 0.177. The fourth-order valence-corrected chi connectivity index (χ4v) is 6.79. The van der Waals surface area contributed by atoms with E-state index in [1.165, 1.54) is 63.8 Å². The van der Waals surface area contributed by atoms with Crippen LogP contribution in [0.3, 0.4) is 0 Å². The minimum Gasteiger partial charge on any atom is -0.296 e. The normalized spacial score (nSPS) is 21.0. The lowest BCUT2D eigenvalue weighted by Gasteiger charge is -2.36. The van der Waals surface area contributed by atoms with E-state index in [-0.39, 0.29) is 14.9 Å². The molecule has 39 heavy (non-hydrogen) atoms. The van der Waals surface area contributed by atoms with Crippen LogP contribution in [0.4, 0.5) is 0 Å². The quantitative estimate of drug-likeness (QED) is 0.303. The van der Waals surface area contributed by atoms with E-state index in [0.717, 1.165) is 0 Å². The Labute approximate surface area is 254 Å². The van der Waals surface area contributed by atoms with Gasteiger partial charge in [-0.05, 0) is 101 Å². The lowest BCUT2D eigenvalue weighted by atomic mass is 9.81.